The van der Waals surface area contributed by atoms with Crippen LogP contribution in [-0.2, 0) is 20.9 Å². The van der Waals surface area contributed by atoms with Gasteiger partial charge in [0.05, 0.1) is 12.7 Å². The number of methoxy groups -OCH3 is 1. The number of amides is 2. The van der Waals surface area contributed by atoms with Crippen LogP contribution in [0.15, 0.2) is 24.4 Å². The van der Waals surface area contributed by atoms with E-state index in [1.807, 2.05) is 23.2 Å². The molecule has 8 nitrogen and oxygen atoms in total. The van der Waals surface area contributed by atoms with E-state index in [-0.39, 0.29) is 17.8 Å². The Hall–Kier alpha value is -2.87. The second-order valence-corrected chi connectivity index (χ2v) is 10.4. The number of benzene rings is 1. The minimum Gasteiger partial charge on any atom is -0.465 e. The number of aromatic nitrogens is 1. The number of aromatic amines is 1. The SMILES string of the molecule is CCCCN1C(=O)C(CC(C)C)NC(=O)C12CCN(Cc1c[nH]c3cc(C(=O)OC)ccc13)CC2. The third-order valence-corrected chi connectivity index (χ3v) is 7.52. The van der Waals surface area contributed by atoms with Crippen molar-refractivity contribution < 1.29 is 19.1 Å². The third kappa shape index (κ3) is 4.94. The van der Waals surface area contributed by atoms with Crippen LogP contribution in [-0.4, -0.2) is 70.9 Å². The molecule has 0 saturated carbocycles. The first-order valence-electron chi connectivity index (χ1n) is 12.8. The molecule has 8 heteroatoms. The van der Waals surface area contributed by atoms with Gasteiger partial charge >= 0.3 is 5.97 Å². The van der Waals surface area contributed by atoms with Crippen molar-refractivity contribution in [2.24, 2.45) is 5.92 Å². The number of H-pyrrole nitrogens is 1. The molecule has 1 spiro atoms. The summed E-state index contributed by atoms with van der Waals surface area (Å²) in [5.74, 6) is 0.0835. The lowest BCUT2D eigenvalue weighted by Crippen LogP contribution is -2.73. The number of carbonyl (C=O) groups is 3. The first-order chi connectivity index (χ1) is 16.8. The van der Waals surface area contributed by atoms with Crippen molar-refractivity contribution in [1.29, 1.82) is 0 Å². The van der Waals surface area contributed by atoms with Crippen molar-refractivity contribution in [2.45, 2.75) is 71.0 Å². The van der Waals surface area contributed by atoms with Crippen molar-refractivity contribution in [3.63, 3.8) is 0 Å². The van der Waals surface area contributed by atoms with Crippen molar-refractivity contribution >= 4 is 28.7 Å². The van der Waals surface area contributed by atoms with E-state index in [9.17, 15) is 14.4 Å². The largest absolute Gasteiger partial charge is 0.465 e. The van der Waals surface area contributed by atoms with Crippen LogP contribution in [0.3, 0.4) is 0 Å². The molecule has 2 amide bonds. The van der Waals surface area contributed by atoms with Crippen LogP contribution in [0.4, 0.5) is 0 Å². The van der Waals surface area contributed by atoms with E-state index < -0.39 is 11.6 Å². The summed E-state index contributed by atoms with van der Waals surface area (Å²) in [4.78, 5) is 46.2. The molecule has 1 unspecified atom stereocenters. The van der Waals surface area contributed by atoms with Crippen molar-refractivity contribution in [2.75, 3.05) is 26.7 Å². The van der Waals surface area contributed by atoms with Gasteiger partial charge in [-0.2, -0.15) is 0 Å². The van der Waals surface area contributed by atoms with E-state index in [2.05, 4.69) is 36.0 Å². The zero-order valence-electron chi connectivity index (χ0n) is 21.4. The number of hydrogen-bond donors (Lipinski definition) is 2. The third-order valence-electron chi connectivity index (χ3n) is 7.52. The van der Waals surface area contributed by atoms with E-state index in [0.717, 1.165) is 48.9 Å². The number of piperazine rings is 1. The summed E-state index contributed by atoms with van der Waals surface area (Å²) in [5.41, 5.74) is 1.82. The molecule has 190 valence electrons. The summed E-state index contributed by atoms with van der Waals surface area (Å²) in [7, 11) is 1.38. The number of carbonyl (C=O) groups excluding carboxylic acids is 3. The fraction of sp³-hybridized carbons (Fsp3) is 0.593. The zero-order valence-corrected chi connectivity index (χ0v) is 21.4. The highest BCUT2D eigenvalue weighted by atomic mass is 16.5. The zero-order chi connectivity index (χ0) is 25.2. The smallest absolute Gasteiger partial charge is 0.337 e. The van der Waals surface area contributed by atoms with Crippen LogP contribution in [0.25, 0.3) is 10.9 Å². The maximum Gasteiger partial charge on any atom is 0.337 e. The number of likely N-dealkylation sites (tertiary alicyclic amines) is 1. The van der Waals surface area contributed by atoms with Crippen LogP contribution in [0, 0.1) is 5.92 Å². The Morgan fingerprint density at radius 3 is 2.63 bits per heavy atom. The fourth-order valence-electron chi connectivity index (χ4n) is 5.53. The highest BCUT2D eigenvalue weighted by molar-refractivity contribution is 6.00. The van der Waals surface area contributed by atoms with Crippen molar-refractivity contribution in [3.8, 4) is 0 Å². The van der Waals surface area contributed by atoms with Gasteiger partial charge in [0.25, 0.3) is 0 Å². The van der Waals surface area contributed by atoms with Gasteiger partial charge in [0.1, 0.15) is 11.6 Å². The van der Waals surface area contributed by atoms with Crippen LogP contribution in [0.5, 0.6) is 0 Å². The van der Waals surface area contributed by atoms with Gasteiger partial charge < -0.3 is 19.9 Å². The molecule has 2 aliphatic heterocycles. The Labute approximate surface area is 207 Å². The Bertz CT molecular complexity index is 1080. The molecule has 3 heterocycles. The summed E-state index contributed by atoms with van der Waals surface area (Å²) in [6.45, 7) is 9.15. The number of hydrogen-bond acceptors (Lipinski definition) is 5. The van der Waals surface area contributed by atoms with Gasteiger partial charge in [-0.25, -0.2) is 4.79 Å². The van der Waals surface area contributed by atoms with Crippen molar-refractivity contribution in [1.82, 2.24) is 20.1 Å². The molecule has 2 aromatic rings. The first kappa shape index (κ1) is 25.2. The van der Waals surface area contributed by atoms with Gasteiger partial charge in [0.2, 0.25) is 11.8 Å². The molecule has 0 bridgehead atoms. The monoisotopic (exact) mass is 482 g/mol. The van der Waals surface area contributed by atoms with Gasteiger partial charge in [0.15, 0.2) is 0 Å². The summed E-state index contributed by atoms with van der Waals surface area (Å²) in [6, 6.07) is 5.14. The Morgan fingerprint density at radius 2 is 1.97 bits per heavy atom. The number of rotatable bonds is 8. The molecule has 1 aromatic carbocycles. The van der Waals surface area contributed by atoms with Gasteiger partial charge in [0, 0.05) is 43.3 Å². The predicted octanol–water partition coefficient (Wildman–Crippen LogP) is 3.46. The Morgan fingerprint density at radius 1 is 1.23 bits per heavy atom. The molecule has 1 aromatic heterocycles. The molecule has 1 atom stereocenters. The second-order valence-electron chi connectivity index (χ2n) is 10.4. The highest BCUT2D eigenvalue weighted by Crippen LogP contribution is 2.35. The first-order valence-corrected chi connectivity index (χ1v) is 12.8. The lowest BCUT2D eigenvalue weighted by atomic mass is 9.80. The molecule has 2 fully saturated rings. The molecule has 2 aliphatic rings. The van der Waals surface area contributed by atoms with Crippen molar-refractivity contribution in [3.05, 3.63) is 35.5 Å². The summed E-state index contributed by atoms with van der Waals surface area (Å²) in [6.07, 6.45) is 5.82. The van der Waals surface area contributed by atoms with Crippen LogP contribution in [0.1, 0.15) is 68.8 Å². The molecule has 0 radical (unpaired) electrons. The lowest BCUT2D eigenvalue weighted by molar-refractivity contribution is -0.161. The standard InChI is InChI=1S/C27H38N4O4/c1-5-6-11-31-24(32)23(14-18(2)3)29-26(34)27(31)9-12-30(13-10-27)17-20-16-28-22-15-19(25(33)35-4)7-8-21(20)22/h7-8,15-16,18,23,28H,5-6,9-14,17H2,1-4H3,(H,29,34). The molecule has 4 rings (SSSR count). The lowest BCUT2D eigenvalue weighted by Gasteiger charge is -2.52. The van der Waals surface area contributed by atoms with E-state index in [1.54, 1.807) is 6.07 Å². The number of nitrogens with zero attached hydrogens (tertiary/aromatic N) is 2. The number of esters is 1. The quantitative estimate of drug-likeness (QED) is 0.562. The summed E-state index contributed by atoms with van der Waals surface area (Å²) in [5, 5.41) is 4.15. The summed E-state index contributed by atoms with van der Waals surface area (Å²) < 4.78 is 4.82. The van der Waals surface area contributed by atoms with E-state index in [1.165, 1.54) is 7.11 Å². The van der Waals surface area contributed by atoms with Gasteiger partial charge in [-0.05, 0) is 49.3 Å². The van der Waals surface area contributed by atoms with E-state index in [4.69, 9.17) is 4.74 Å². The minimum atomic E-state index is -0.744. The highest BCUT2D eigenvalue weighted by Gasteiger charge is 2.53. The number of piperidine rings is 1. The molecule has 2 N–H and O–H groups in total. The Kier molecular flexibility index (Phi) is 7.50. The minimum absolute atomic E-state index is 0.0148. The molecular weight excluding hydrogens is 444 g/mol. The normalized spacial score (nSPS) is 20.6. The number of fused-ring (bicyclic) bond motifs is 1. The molecule has 0 aliphatic carbocycles. The molecule has 2 saturated heterocycles. The number of ether oxygens (including phenoxy) is 1. The van der Waals surface area contributed by atoms with Gasteiger partial charge in [-0.1, -0.05) is 33.3 Å². The topological polar surface area (TPSA) is 94.7 Å². The number of nitrogens with one attached hydrogen (secondary N) is 2. The van der Waals surface area contributed by atoms with Gasteiger partial charge in [-0.3, -0.25) is 14.5 Å². The van der Waals surface area contributed by atoms with Crippen LogP contribution >= 0.6 is 0 Å². The second kappa shape index (κ2) is 10.4. The summed E-state index contributed by atoms with van der Waals surface area (Å²) >= 11 is 0. The van der Waals surface area contributed by atoms with Crippen LogP contribution < -0.4 is 5.32 Å². The maximum atomic E-state index is 13.4. The Balaban J connectivity index is 1.47. The average Bonchev–Trinajstić information content (AvgIpc) is 3.25. The number of unbranched alkanes of at least 4 members (excludes halogenated alkanes) is 1. The maximum absolute atomic E-state index is 13.4. The average molecular weight is 483 g/mol. The van der Waals surface area contributed by atoms with Crippen LogP contribution in [0.2, 0.25) is 0 Å². The fourth-order valence-corrected chi connectivity index (χ4v) is 5.53. The van der Waals surface area contributed by atoms with E-state index >= 15 is 0 Å². The van der Waals surface area contributed by atoms with E-state index in [0.29, 0.717) is 37.3 Å². The molecule has 35 heavy (non-hydrogen) atoms. The predicted molar refractivity (Wildman–Crippen MR) is 135 cm³/mol. The van der Waals surface area contributed by atoms with Gasteiger partial charge in [-0.15, -0.1) is 0 Å². The molecular formula is C27H38N4O4.